The molecule has 2 aromatic rings. The summed E-state index contributed by atoms with van der Waals surface area (Å²) in [6.07, 6.45) is 1.46. The van der Waals surface area contributed by atoms with Crippen LogP contribution in [0.1, 0.15) is 34.2 Å². The minimum absolute atomic E-state index is 0.158. The normalized spacial score (nSPS) is 10.0. The topological polar surface area (TPSA) is 118 Å². The molecule has 8 heteroatoms. The molecular weight excluding hydrogens is 326 g/mol. The Kier molecular flexibility index (Phi) is 5.67. The first kappa shape index (κ1) is 17.9. The molecule has 1 aromatic heterocycles. The van der Waals surface area contributed by atoms with Gasteiger partial charge in [-0.1, -0.05) is 6.92 Å². The number of hydrogen-bond acceptors (Lipinski definition) is 5. The van der Waals surface area contributed by atoms with Crippen LogP contribution in [0.3, 0.4) is 0 Å². The number of aromatic carboxylic acids is 1. The Labute approximate surface area is 143 Å². The van der Waals surface area contributed by atoms with Gasteiger partial charge < -0.3 is 20.5 Å². The number of carboxylic acids is 1. The van der Waals surface area contributed by atoms with Crippen LogP contribution >= 0.6 is 0 Å². The van der Waals surface area contributed by atoms with E-state index in [0.717, 1.165) is 0 Å². The summed E-state index contributed by atoms with van der Waals surface area (Å²) in [6, 6.07) is 7.44. The number of nitrogens with zero attached hydrogens (tertiary/aromatic N) is 1. The van der Waals surface area contributed by atoms with Gasteiger partial charge in [0.05, 0.1) is 24.0 Å². The lowest BCUT2D eigenvalue weighted by atomic mass is 10.2. The van der Waals surface area contributed by atoms with Crippen molar-refractivity contribution >= 4 is 29.2 Å². The molecule has 25 heavy (non-hydrogen) atoms. The van der Waals surface area contributed by atoms with Crippen molar-refractivity contribution in [3.8, 4) is 5.75 Å². The van der Waals surface area contributed by atoms with E-state index in [9.17, 15) is 14.4 Å². The molecule has 0 atom stereocenters. The number of amides is 2. The van der Waals surface area contributed by atoms with Crippen LogP contribution in [0.15, 0.2) is 36.5 Å². The van der Waals surface area contributed by atoms with Crippen LogP contribution in [0.25, 0.3) is 0 Å². The molecule has 1 aromatic carbocycles. The number of pyridine rings is 1. The number of benzene rings is 1. The molecule has 0 aliphatic rings. The van der Waals surface area contributed by atoms with Gasteiger partial charge in [0.15, 0.2) is 0 Å². The van der Waals surface area contributed by atoms with Crippen LogP contribution in [-0.4, -0.2) is 35.0 Å². The van der Waals surface area contributed by atoms with Gasteiger partial charge in [-0.2, -0.15) is 0 Å². The predicted octanol–water partition coefficient (Wildman–Crippen LogP) is 2.39. The van der Waals surface area contributed by atoms with Gasteiger partial charge in [-0.3, -0.25) is 9.59 Å². The number of anilines is 2. The summed E-state index contributed by atoms with van der Waals surface area (Å²) in [7, 11) is 1.49. The van der Waals surface area contributed by atoms with Crippen molar-refractivity contribution in [2.45, 2.75) is 13.3 Å². The fraction of sp³-hybridized carbons (Fsp3) is 0.176. The molecule has 0 spiro atoms. The number of rotatable bonds is 6. The van der Waals surface area contributed by atoms with Gasteiger partial charge in [0, 0.05) is 18.7 Å². The van der Waals surface area contributed by atoms with Gasteiger partial charge >= 0.3 is 5.97 Å². The standard InChI is InChI=1S/C17H17N3O5/c1-3-15(21)19-12-7-5-11(25-2)8-14(12)20-16(22)10-4-6-13(17(23)24)18-9-10/h4-9H,3H2,1-2H3,(H,19,21)(H,20,22)(H,23,24). The SMILES string of the molecule is CCC(=O)Nc1ccc(OC)cc1NC(=O)c1ccc(C(=O)O)nc1. The van der Waals surface area contributed by atoms with Crippen molar-refractivity contribution in [1.82, 2.24) is 4.98 Å². The largest absolute Gasteiger partial charge is 0.497 e. The molecule has 0 aliphatic heterocycles. The highest BCUT2D eigenvalue weighted by Crippen LogP contribution is 2.27. The highest BCUT2D eigenvalue weighted by molar-refractivity contribution is 6.07. The summed E-state index contributed by atoms with van der Waals surface area (Å²) in [5, 5.41) is 14.2. The molecule has 2 rings (SSSR count). The van der Waals surface area contributed by atoms with Gasteiger partial charge in [0.2, 0.25) is 5.91 Å². The predicted molar refractivity (Wildman–Crippen MR) is 91.1 cm³/mol. The summed E-state index contributed by atoms with van der Waals surface area (Å²) in [6.45, 7) is 1.72. The maximum absolute atomic E-state index is 12.4. The molecule has 1 heterocycles. The summed E-state index contributed by atoms with van der Waals surface area (Å²) in [5.41, 5.74) is 0.805. The smallest absolute Gasteiger partial charge is 0.354 e. The fourth-order valence-electron chi connectivity index (χ4n) is 1.95. The van der Waals surface area contributed by atoms with Gasteiger partial charge in [-0.05, 0) is 24.3 Å². The Balaban J connectivity index is 2.25. The Morgan fingerprint density at radius 1 is 1.12 bits per heavy atom. The lowest BCUT2D eigenvalue weighted by Gasteiger charge is -2.13. The first-order chi connectivity index (χ1) is 11.9. The van der Waals surface area contributed by atoms with Gasteiger partial charge in [-0.15, -0.1) is 0 Å². The lowest BCUT2D eigenvalue weighted by Crippen LogP contribution is -2.16. The second kappa shape index (κ2) is 7.91. The zero-order valence-electron chi connectivity index (χ0n) is 13.7. The maximum atomic E-state index is 12.4. The third kappa shape index (κ3) is 4.54. The van der Waals surface area contributed by atoms with Crippen LogP contribution in [0, 0.1) is 0 Å². The molecule has 0 radical (unpaired) electrons. The summed E-state index contributed by atoms with van der Waals surface area (Å²) in [4.78, 5) is 38.5. The van der Waals surface area contributed by atoms with E-state index in [4.69, 9.17) is 9.84 Å². The van der Waals surface area contributed by atoms with Crippen molar-refractivity contribution in [3.63, 3.8) is 0 Å². The van der Waals surface area contributed by atoms with Crippen LogP contribution in [-0.2, 0) is 4.79 Å². The van der Waals surface area contributed by atoms with E-state index < -0.39 is 11.9 Å². The lowest BCUT2D eigenvalue weighted by molar-refractivity contribution is -0.115. The first-order valence-electron chi connectivity index (χ1n) is 7.43. The first-order valence-corrected chi connectivity index (χ1v) is 7.43. The summed E-state index contributed by atoms with van der Waals surface area (Å²) < 4.78 is 5.13. The summed E-state index contributed by atoms with van der Waals surface area (Å²) in [5.74, 6) is -1.37. The Hall–Kier alpha value is -3.42. The van der Waals surface area contributed by atoms with Crippen molar-refractivity contribution in [1.29, 1.82) is 0 Å². The minimum Gasteiger partial charge on any atom is -0.497 e. The van der Waals surface area contributed by atoms with E-state index in [0.29, 0.717) is 23.5 Å². The number of carboxylic acid groups (broad SMARTS) is 1. The number of aromatic nitrogens is 1. The average molecular weight is 343 g/mol. The van der Waals surface area contributed by atoms with Crippen molar-refractivity contribution < 1.29 is 24.2 Å². The molecular formula is C17H17N3O5. The van der Waals surface area contributed by atoms with Crippen molar-refractivity contribution in [3.05, 3.63) is 47.8 Å². The van der Waals surface area contributed by atoms with E-state index >= 15 is 0 Å². The quantitative estimate of drug-likeness (QED) is 0.741. The zero-order valence-corrected chi connectivity index (χ0v) is 13.7. The third-order valence-corrected chi connectivity index (χ3v) is 3.31. The van der Waals surface area contributed by atoms with Crippen LogP contribution < -0.4 is 15.4 Å². The van der Waals surface area contributed by atoms with E-state index in [2.05, 4.69) is 15.6 Å². The molecule has 0 fully saturated rings. The number of ether oxygens (including phenoxy) is 1. The third-order valence-electron chi connectivity index (χ3n) is 3.31. The van der Waals surface area contributed by atoms with Gasteiger partial charge in [-0.25, -0.2) is 9.78 Å². The van der Waals surface area contributed by atoms with Gasteiger partial charge in [0.25, 0.3) is 5.91 Å². The molecule has 0 saturated carbocycles. The number of carbonyl (C=O) groups is 3. The number of nitrogens with one attached hydrogen (secondary N) is 2. The van der Waals surface area contributed by atoms with E-state index in [1.165, 1.54) is 25.4 Å². The highest BCUT2D eigenvalue weighted by atomic mass is 16.5. The van der Waals surface area contributed by atoms with Gasteiger partial charge in [0.1, 0.15) is 11.4 Å². The number of hydrogen-bond donors (Lipinski definition) is 3. The fourth-order valence-corrected chi connectivity index (χ4v) is 1.95. The van der Waals surface area contributed by atoms with E-state index in [1.54, 1.807) is 25.1 Å². The molecule has 0 saturated heterocycles. The highest BCUT2D eigenvalue weighted by Gasteiger charge is 2.13. The molecule has 8 nitrogen and oxygen atoms in total. The number of carbonyl (C=O) groups excluding carboxylic acids is 2. The average Bonchev–Trinajstić information content (AvgIpc) is 2.62. The van der Waals surface area contributed by atoms with Crippen molar-refractivity contribution in [2.75, 3.05) is 17.7 Å². The van der Waals surface area contributed by atoms with Crippen LogP contribution in [0.4, 0.5) is 11.4 Å². The molecule has 0 bridgehead atoms. The molecule has 2 amide bonds. The molecule has 3 N–H and O–H groups in total. The van der Waals surface area contributed by atoms with Crippen molar-refractivity contribution in [2.24, 2.45) is 0 Å². The minimum atomic E-state index is -1.18. The van der Waals surface area contributed by atoms with Crippen LogP contribution in [0.2, 0.25) is 0 Å². The molecule has 0 unspecified atom stereocenters. The number of methoxy groups -OCH3 is 1. The molecule has 130 valence electrons. The summed E-state index contributed by atoms with van der Waals surface area (Å²) >= 11 is 0. The van der Waals surface area contributed by atoms with E-state index in [-0.39, 0.29) is 17.2 Å². The monoisotopic (exact) mass is 343 g/mol. The van der Waals surface area contributed by atoms with E-state index in [1.807, 2.05) is 0 Å². The Bertz CT molecular complexity index is 802. The van der Waals surface area contributed by atoms with Crippen LogP contribution in [0.5, 0.6) is 5.75 Å². The Morgan fingerprint density at radius 3 is 2.44 bits per heavy atom. The molecule has 0 aliphatic carbocycles. The maximum Gasteiger partial charge on any atom is 0.354 e. The second-order valence-electron chi connectivity index (χ2n) is 5.00. The Morgan fingerprint density at radius 2 is 1.88 bits per heavy atom. The zero-order chi connectivity index (χ0) is 18.4. The second-order valence-corrected chi connectivity index (χ2v) is 5.00.